The van der Waals surface area contributed by atoms with Crippen molar-refractivity contribution in [2.75, 3.05) is 6.61 Å². The Morgan fingerprint density at radius 3 is 2.55 bits per heavy atom. The van der Waals surface area contributed by atoms with Gasteiger partial charge in [-0.3, -0.25) is 4.79 Å². The van der Waals surface area contributed by atoms with E-state index in [2.05, 4.69) is 12.2 Å². The minimum absolute atomic E-state index is 0.123. The molecule has 2 aromatic rings. The van der Waals surface area contributed by atoms with Crippen LogP contribution in [-0.2, 0) is 0 Å². The molecule has 2 rings (SSSR count). The Kier molecular flexibility index (Phi) is 5.64. The molecular weight excluding hydrogens is 278 g/mol. The van der Waals surface area contributed by atoms with Crippen molar-refractivity contribution >= 4 is 5.91 Å². The van der Waals surface area contributed by atoms with Gasteiger partial charge in [0.1, 0.15) is 17.3 Å². The Bertz CT molecular complexity index is 601. The maximum Gasteiger partial charge on any atom is 0.251 e. The Morgan fingerprint density at radius 1 is 1.23 bits per heavy atom. The predicted molar refractivity (Wildman–Crippen MR) is 86.2 cm³/mol. The van der Waals surface area contributed by atoms with E-state index in [0.29, 0.717) is 12.2 Å². The highest BCUT2D eigenvalue weighted by molar-refractivity contribution is 5.94. The standard InChI is InChI=1S/C18H23NO3/c1-4-5-12-21-16-9-7-15(8-10-16)18(20)19-14(3)17-11-6-13(2)22-17/h6-11,14H,4-5,12H2,1-3H3,(H,19,20). The van der Waals surface area contributed by atoms with Crippen LogP contribution in [0.3, 0.4) is 0 Å². The van der Waals surface area contributed by atoms with Gasteiger partial charge in [0, 0.05) is 5.56 Å². The summed E-state index contributed by atoms with van der Waals surface area (Å²) in [5.41, 5.74) is 0.609. The van der Waals surface area contributed by atoms with Crippen LogP contribution in [0.25, 0.3) is 0 Å². The van der Waals surface area contributed by atoms with Gasteiger partial charge in [0.15, 0.2) is 0 Å². The van der Waals surface area contributed by atoms with Crippen LogP contribution < -0.4 is 10.1 Å². The van der Waals surface area contributed by atoms with Crippen LogP contribution in [0.2, 0.25) is 0 Å². The quantitative estimate of drug-likeness (QED) is 0.777. The SMILES string of the molecule is CCCCOc1ccc(C(=O)NC(C)c2ccc(C)o2)cc1. The van der Waals surface area contributed by atoms with Crippen LogP contribution >= 0.6 is 0 Å². The minimum Gasteiger partial charge on any atom is -0.494 e. The number of nitrogens with one attached hydrogen (secondary N) is 1. The first-order valence-electron chi connectivity index (χ1n) is 7.70. The van der Waals surface area contributed by atoms with Crippen LogP contribution in [0.1, 0.15) is 54.6 Å². The van der Waals surface area contributed by atoms with E-state index in [-0.39, 0.29) is 11.9 Å². The lowest BCUT2D eigenvalue weighted by Gasteiger charge is -2.12. The van der Waals surface area contributed by atoms with E-state index in [0.717, 1.165) is 30.1 Å². The minimum atomic E-state index is -0.165. The molecule has 1 heterocycles. The predicted octanol–water partition coefficient (Wildman–Crippen LogP) is 4.26. The number of unbranched alkanes of at least 4 members (excludes halogenated alkanes) is 1. The third kappa shape index (κ3) is 4.38. The molecule has 1 aromatic heterocycles. The van der Waals surface area contributed by atoms with Crippen molar-refractivity contribution in [3.05, 3.63) is 53.5 Å². The molecule has 0 aliphatic carbocycles. The summed E-state index contributed by atoms with van der Waals surface area (Å²) in [4.78, 5) is 12.2. The lowest BCUT2D eigenvalue weighted by molar-refractivity contribution is 0.0935. The van der Waals surface area contributed by atoms with Crippen LogP contribution in [-0.4, -0.2) is 12.5 Å². The molecule has 0 radical (unpaired) electrons. The van der Waals surface area contributed by atoms with Gasteiger partial charge in [-0.15, -0.1) is 0 Å². The second kappa shape index (κ2) is 7.69. The topological polar surface area (TPSA) is 51.5 Å². The molecule has 1 aromatic carbocycles. The summed E-state index contributed by atoms with van der Waals surface area (Å²) in [5, 5.41) is 2.92. The van der Waals surface area contributed by atoms with E-state index >= 15 is 0 Å². The molecule has 0 aliphatic heterocycles. The van der Waals surface area contributed by atoms with Gasteiger partial charge in [-0.05, 0) is 56.7 Å². The third-order valence-corrected chi connectivity index (χ3v) is 3.42. The summed E-state index contributed by atoms with van der Waals surface area (Å²) in [5.74, 6) is 2.26. The molecule has 4 nitrogen and oxygen atoms in total. The largest absolute Gasteiger partial charge is 0.494 e. The Balaban J connectivity index is 1.92. The van der Waals surface area contributed by atoms with Crippen LogP contribution in [0, 0.1) is 6.92 Å². The molecule has 1 unspecified atom stereocenters. The summed E-state index contributed by atoms with van der Waals surface area (Å²) in [6, 6.07) is 10.8. The molecule has 1 atom stereocenters. The van der Waals surface area contributed by atoms with Gasteiger partial charge in [0.05, 0.1) is 12.6 Å². The number of hydrogen-bond acceptors (Lipinski definition) is 3. The monoisotopic (exact) mass is 301 g/mol. The number of carbonyl (C=O) groups excluding carboxylic acids is 1. The number of benzene rings is 1. The van der Waals surface area contributed by atoms with Crippen molar-refractivity contribution in [2.45, 2.75) is 39.7 Å². The molecule has 0 saturated heterocycles. The highest BCUT2D eigenvalue weighted by Crippen LogP contribution is 2.17. The number of ether oxygens (including phenoxy) is 1. The van der Waals surface area contributed by atoms with Gasteiger partial charge < -0.3 is 14.5 Å². The zero-order valence-electron chi connectivity index (χ0n) is 13.4. The van der Waals surface area contributed by atoms with E-state index in [1.165, 1.54) is 0 Å². The fourth-order valence-corrected chi connectivity index (χ4v) is 2.07. The smallest absolute Gasteiger partial charge is 0.251 e. The lowest BCUT2D eigenvalue weighted by Crippen LogP contribution is -2.26. The van der Waals surface area contributed by atoms with E-state index < -0.39 is 0 Å². The Labute approximate surface area is 131 Å². The average molecular weight is 301 g/mol. The first kappa shape index (κ1) is 16.1. The molecule has 0 bridgehead atoms. The highest BCUT2D eigenvalue weighted by Gasteiger charge is 2.14. The zero-order chi connectivity index (χ0) is 15.9. The number of aryl methyl sites for hydroxylation is 1. The number of amides is 1. The summed E-state index contributed by atoms with van der Waals surface area (Å²) in [6.07, 6.45) is 2.13. The lowest BCUT2D eigenvalue weighted by atomic mass is 10.2. The van der Waals surface area contributed by atoms with Gasteiger partial charge in [-0.2, -0.15) is 0 Å². The molecule has 1 N–H and O–H groups in total. The molecule has 22 heavy (non-hydrogen) atoms. The van der Waals surface area contributed by atoms with Crippen LogP contribution in [0.15, 0.2) is 40.8 Å². The number of carbonyl (C=O) groups is 1. The van der Waals surface area contributed by atoms with Crippen molar-refractivity contribution in [2.24, 2.45) is 0 Å². The summed E-state index contributed by atoms with van der Waals surface area (Å²) >= 11 is 0. The molecule has 0 saturated carbocycles. The maximum absolute atomic E-state index is 12.2. The van der Waals surface area contributed by atoms with Crippen molar-refractivity contribution in [3.8, 4) is 5.75 Å². The van der Waals surface area contributed by atoms with Gasteiger partial charge in [-0.25, -0.2) is 0 Å². The van der Waals surface area contributed by atoms with Crippen molar-refractivity contribution in [3.63, 3.8) is 0 Å². The average Bonchev–Trinajstić information content (AvgIpc) is 2.95. The summed E-state index contributed by atoms with van der Waals surface area (Å²) < 4.78 is 11.1. The molecule has 0 aliphatic rings. The number of rotatable bonds is 7. The summed E-state index contributed by atoms with van der Waals surface area (Å²) in [6.45, 7) is 6.61. The molecular formula is C18H23NO3. The van der Waals surface area contributed by atoms with E-state index in [1.807, 2.05) is 38.1 Å². The van der Waals surface area contributed by atoms with E-state index in [9.17, 15) is 4.79 Å². The molecule has 118 valence electrons. The Hall–Kier alpha value is -2.23. The second-order valence-electron chi connectivity index (χ2n) is 5.37. The van der Waals surface area contributed by atoms with E-state index in [4.69, 9.17) is 9.15 Å². The summed E-state index contributed by atoms with van der Waals surface area (Å²) in [7, 11) is 0. The number of furan rings is 1. The first-order chi connectivity index (χ1) is 10.6. The van der Waals surface area contributed by atoms with Crippen molar-refractivity contribution in [1.29, 1.82) is 0 Å². The van der Waals surface area contributed by atoms with E-state index in [1.54, 1.807) is 12.1 Å². The van der Waals surface area contributed by atoms with Gasteiger partial charge in [-0.1, -0.05) is 13.3 Å². The molecule has 0 spiro atoms. The van der Waals surface area contributed by atoms with Crippen LogP contribution in [0.4, 0.5) is 0 Å². The Morgan fingerprint density at radius 2 is 1.95 bits per heavy atom. The molecule has 1 amide bonds. The van der Waals surface area contributed by atoms with Crippen molar-refractivity contribution < 1.29 is 13.9 Å². The second-order valence-corrected chi connectivity index (χ2v) is 5.37. The molecule has 4 heteroatoms. The fourth-order valence-electron chi connectivity index (χ4n) is 2.07. The fraction of sp³-hybridized carbons (Fsp3) is 0.389. The first-order valence-corrected chi connectivity index (χ1v) is 7.70. The highest BCUT2D eigenvalue weighted by atomic mass is 16.5. The third-order valence-electron chi connectivity index (χ3n) is 3.42. The van der Waals surface area contributed by atoms with Crippen molar-refractivity contribution in [1.82, 2.24) is 5.32 Å². The zero-order valence-corrected chi connectivity index (χ0v) is 13.4. The normalized spacial score (nSPS) is 12.0. The van der Waals surface area contributed by atoms with Gasteiger partial charge in [0.25, 0.3) is 5.91 Å². The maximum atomic E-state index is 12.2. The number of hydrogen-bond donors (Lipinski definition) is 1. The molecule has 0 fully saturated rings. The van der Waals surface area contributed by atoms with Gasteiger partial charge >= 0.3 is 0 Å². The van der Waals surface area contributed by atoms with Gasteiger partial charge in [0.2, 0.25) is 0 Å². The van der Waals surface area contributed by atoms with Crippen LogP contribution in [0.5, 0.6) is 5.75 Å².